The highest BCUT2D eigenvalue weighted by Crippen LogP contribution is 2.53. The van der Waals surface area contributed by atoms with Crippen LogP contribution in [0.2, 0.25) is 0 Å². The molecular formula is C56H73NO14. The average molecular weight is 984 g/mol. The largest absolute Gasteiger partial charge is 0.509 e. The van der Waals surface area contributed by atoms with Crippen LogP contribution in [0.4, 0.5) is 4.79 Å². The van der Waals surface area contributed by atoms with E-state index in [0.717, 1.165) is 68.1 Å². The second kappa shape index (κ2) is 22.6. The molecule has 4 saturated carbocycles. The van der Waals surface area contributed by atoms with Gasteiger partial charge in [-0.1, -0.05) is 131 Å². The summed E-state index contributed by atoms with van der Waals surface area (Å²) in [5.41, 5.74) is 2.64. The normalized spacial score (nSPS) is 35.2. The van der Waals surface area contributed by atoms with Crippen LogP contribution in [0, 0.1) is 27.9 Å². The van der Waals surface area contributed by atoms with Gasteiger partial charge in [-0.3, -0.25) is 10.1 Å². The maximum absolute atomic E-state index is 14.5. The highest BCUT2D eigenvalue weighted by atomic mass is 16.8. The number of ether oxygens (including phenoxy) is 11. The molecule has 386 valence electrons. The first-order valence-corrected chi connectivity index (χ1v) is 26.5. The van der Waals surface area contributed by atoms with Gasteiger partial charge in [0, 0.05) is 30.6 Å². The zero-order chi connectivity index (χ0) is 49.0. The van der Waals surface area contributed by atoms with Gasteiger partial charge in [0.2, 0.25) is 6.29 Å². The lowest BCUT2D eigenvalue weighted by molar-refractivity contribution is -0.579. The van der Waals surface area contributed by atoms with Crippen molar-refractivity contribution in [3.8, 4) is 0 Å². The van der Waals surface area contributed by atoms with Crippen molar-refractivity contribution in [2.45, 2.75) is 209 Å². The van der Waals surface area contributed by atoms with Crippen molar-refractivity contribution in [1.29, 1.82) is 0 Å². The fourth-order valence-corrected chi connectivity index (χ4v) is 12.5. The van der Waals surface area contributed by atoms with Crippen molar-refractivity contribution in [3.63, 3.8) is 0 Å². The van der Waals surface area contributed by atoms with E-state index < -0.39 is 89.9 Å². The molecule has 0 bridgehead atoms. The molecule has 0 unspecified atom stereocenters. The summed E-state index contributed by atoms with van der Waals surface area (Å²) in [7, 11) is 0. The quantitative estimate of drug-likeness (QED) is 0.0757. The molecule has 2 spiro atoms. The number of carbonyl (C=O) groups is 1. The highest BCUT2D eigenvalue weighted by molar-refractivity contribution is 5.60. The Bertz CT molecular complexity index is 2170. The van der Waals surface area contributed by atoms with Crippen molar-refractivity contribution in [2.75, 3.05) is 6.61 Å². The SMILES string of the molecule is CC(C)[C@@H]1CC[C@@H](C)C[C@H]1OC(=O)O[C@H]1[C@H](O[C@H]2O[C@H](COCc3ccccc3)[C@H](OCc3ccccc3)[C@H](OCc3ccccc3)[C@H]2[N+](=O)[O-])[C@H]2OC3(CCCCC3)O[C@@H]2[C@H]2OC3(CCCCC3)O[C@@H]12. The molecule has 3 aliphatic heterocycles. The Balaban J connectivity index is 1.02. The van der Waals surface area contributed by atoms with Gasteiger partial charge in [0.25, 0.3) is 6.04 Å². The number of nitro groups is 1. The van der Waals surface area contributed by atoms with Gasteiger partial charge in [0.05, 0.1) is 26.4 Å². The summed E-state index contributed by atoms with van der Waals surface area (Å²) in [5, 5.41) is 13.9. The lowest BCUT2D eigenvalue weighted by Crippen LogP contribution is -2.68. The molecule has 3 saturated heterocycles. The van der Waals surface area contributed by atoms with Gasteiger partial charge >= 0.3 is 6.16 Å². The molecule has 71 heavy (non-hydrogen) atoms. The van der Waals surface area contributed by atoms with Crippen molar-refractivity contribution in [1.82, 2.24) is 0 Å². The number of fused-ring (bicyclic) bond motifs is 3. The van der Waals surface area contributed by atoms with E-state index in [2.05, 4.69) is 20.8 Å². The van der Waals surface area contributed by atoms with Crippen LogP contribution in [0.3, 0.4) is 0 Å². The lowest BCUT2D eigenvalue weighted by atomic mass is 9.75. The Kier molecular flexibility index (Phi) is 16.1. The summed E-state index contributed by atoms with van der Waals surface area (Å²) in [6, 6.07) is 27.3. The number of carbonyl (C=O) groups excluding carboxylic acids is 1. The van der Waals surface area contributed by atoms with Crippen LogP contribution in [-0.4, -0.2) is 103 Å². The first-order valence-electron chi connectivity index (χ1n) is 26.5. The third-order valence-electron chi connectivity index (χ3n) is 16.1. The van der Waals surface area contributed by atoms with Gasteiger partial charge in [0.15, 0.2) is 23.8 Å². The van der Waals surface area contributed by atoms with Crippen LogP contribution in [-0.2, 0) is 71.9 Å². The monoisotopic (exact) mass is 984 g/mol. The Hall–Kier alpha value is -4.03. The van der Waals surface area contributed by atoms with E-state index in [1.807, 2.05) is 91.0 Å². The minimum absolute atomic E-state index is 0.0173. The van der Waals surface area contributed by atoms with E-state index in [1.165, 1.54) is 0 Å². The second-order valence-electron chi connectivity index (χ2n) is 21.5. The molecule has 0 radical (unpaired) electrons. The summed E-state index contributed by atoms with van der Waals surface area (Å²) in [4.78, 5) is 28.0. The number of nitrogens with zero attached hydrogens (tertiary/aromatic N) is 1. The van der Waals surface area contributed by atoms with Crippen molar-refractivity contribution in [3.05, 3.63) is 118 Å². The smallest absolute Gasteiger partial charge is 0.431 e. The maximum atomic E-state index is 14.5. The predicted octanol–water partition coefficient (Wildman–Crippen LogP) is 10.0. The summed E-state index contributed by atoms with van der Waals surface area (Å²) in [6.07, 6.45) is -0.465. The number of hydrogen-bond donors (Lipinski definition) is 0. The molecule has 3 aromatic rings. The van der Waals surface area contributed by atoms with Crippen LogP contribution in [0.1, 0.15) is 121 Å². The van der Waals surface area contributed by atoms with E-state index in [1.54, 1.807) is 0 Å². The fourth-order valence-electron chi connectivity index (χ4n) is 12.5. The Labute approximate surface area is 417 Å². The van der Waals surface area contributed by atoms with Gasteiger partial charge in [-0.2, -0.15) is 0 Å². The van der Waals surface area contributed by atoms with Gasteiger partial charge < -0.3 is 52.1 Å². The van der Waals surface area contributed by atoms with Crippen molar-refractivity contribution < 1.29 is 61.8 Å². The van der Waals surface area contributed by atoms with Crippen LogP contribution in [0.15, 0.2) is 91.0 Å². The van der Waals surface area contributed by atoms with E-state index in [0.29, 0.717) is 38.0 Å². The van der Waals surface area contributed by atoms with Gasteiger partial charge in [-0.05, 0) is 73.0 Å². The molecule has 4 aliphatic carbocycles. The zero-order valence-corrected chi connectivity index (χ0v) is 41.5. The molecule has 7 fully saturated rings. The number of benzene rings is 3. The van der Waals surface area contributed by atoms with Gasteiger partial charge in [0.1, 0.15) is 48.8 Å². The Morgan fingerprint density at radius 3 is 1.69 bits per heavy atom. The standard InChI is InChI=1S/C56H73NO14/c1-36(2)41-26-25-37(3)31-42(41)65-54(58)67-48-47(49-51(70-55(68-49)27-15-7-16-28-55)52-50(48)69-56(71-52)29-17-8-18-30-56)66-53-44(57(59)60)46(63-34-40-23-13-6-14-24-40)45(62-33-39-21-11-5-12-22-39)43(64-53)35-61-32-38-19-9-4-10-20-38/h4-6,9-14,19-24,36-37,41-53H,7-8,15-18,25-35H2,1-3H3/t37-,41+,42-,43-,44-,45+,46-,47+,48+,49-,50+,51+,52+,53-/m1/s1. The topological polar surface area (TPSA) is 162 Å². The molecule has 3 aromatic carbocycles. The minimum Gasteiger partial charge on any atom is -0.431 e. The molecule has 7 aliphatic rings. The number of hydrogen-bond acceptors (Lipinski definition) is 14. The third kappa shape index (κ3) is 11.5. The summed E-state index contributed by atoms with van der Waals surface area (Å²) in [6.45, 7) is 6.92. The fraction of sp³-hybridized carbons (Fsp3) is 0.661. The second-order valence-corrected chi connectivity index (χ2v) is 21.5. The van der Waals surface area contributed by atoms with E-state index in [-0.39, 0.29) is 44.4 Å². The van der Waals surface area contributed by atoms with Crippen LogP contribution >= 0.6 is 0 Å². The van der Waals surface area contributed by atoms with E-state index in [4.69, 9.17) is 52.1 Å². The molecule has 15 nitrogen and oxygen atoms in total. The van der Waals surface area contributed by atoms with Gasteiger partial charge in [-0.15, -0.1) is 0 Å². The van der Waals surface area contributed by atoms with Gasteiger partial charge in [-0.25, -0.2) is 4.79 Å². The molecular weight excluding hydrogens is 911 g/mol. The average Bonchev–Trinajstić information content (AvgIpc) is 3.93. The van der Waals surface area contributed by atoms with Crippen LogP contribution in [0.5, 0.6) is 0 Å². The predicted molar refractivity (Wildman–Crippen MR) is 258 cm³/mol. The van der Waals surface area contributed by atoms with E-state index >= 15 is 0 Å². The zero-order valence-electron chi connectivity index (χ0n) is 41.5. The lowest BCUT2D eigenvalue weighted by Gasteiger charge is -2.46. The summed E-state index contributed by atoms with van der Waals surface area (Å²) >= 11 is 0. The first-order chi connectivity index (χ1) is 34.6. The van der Waals surface area contributed by atoms with Crippen molar-refractivity contribution in [2.24, 2.45) is 17.8 Å². The van der Waals surface area contributed by atoms with Crippen LogP contribution < -0.4 is 0 Å². The molecule has 3 heterocycles. The molecule has 0 aromatic heterocycles. The first kappa shape index (κ1) is 50.5. The summed E-state index contributed by atoms with van der Waals surface area (Å²) in [5.74, 6) is -1.07. The molecule has 14 atom stereocenters. The maximum Gasteiger partial charge on any atom is 0.509 e. The van der Waals surface area contributed by atoms with Crippen LogP contribution in [0.25, 0.3) is 0 Å². The summed E-state index contributed by atoms with van der Waals surface area (Å²) < 4.78 is 75.0. The molecule has 10 rings (SSSR count). The Morgan fingerprint density at radius 2 is 1.15 bits per heavy atom. The Morgan fingerprint density at radius 1 is 0.648 bits per heavy atom. The molecule has 0 N–H and O–H groups in total. The number of rotatable bonds is 16. The third-order valence-corrected chi connectivity index (χ3v) is 16.1. The van der Waals surface area contributed by atoms with Crippen molar-refractivity contribution >= 4 is 6.16 Å². The molecule has 0 amide bonds. The highest BCUT2D eigenvalue weighted by Gasteiger charge is 2.69. The van der Waals surface area contributed by atoms with E-state index in [9.17, 15) is 14.9 Å². The molecule has 15 heteroatoms. The minimum atomic E-state index is -1.64.